The highest BCUT2D eigenvalue weighted by Crippen LogP contribution is 2.24. The highest BCUT2D eigenvalue weighted by molar-refractivity contribution is 6.17. The number of aromatic nitrogens is 1. The van der Waals surface area contributed by atoms with Crippen LogP contribution >= 0.6 is 11.6 Å². The summed E-state index contributed by atoms with van der Waals surface area (Å²) in [4.78, 5) is 4.48. The summed E-state index contributed by atoms with van der Waals surface area (Å²) in [6, 6.07) is 2.05. The van der Waals surface area contributed by atoms with Gasteiger partial charge in [-0.05, 0) is 45.2 Å². The van der Waals surface area contributed by atoms with E-state index < -0.39 is 0 Å². The fourth-order valence-electron chi connectivity index (χ4n) is 2.20. The lowest BCUT2D eigenvalue weighted by molar-refractivity contribution is 0.196. The highest BCUT2D eigenvalue weighted by Gasteiger charge is 2.12. The molecule has 3 heteroatoms. The summed E-state index contributed by atoms with van der Waals surface area (Å²) >= 11 is 6.00. The fourth-order valence-corrected chi connectivity index (χ4v) is 2.52. The number of aryl methyl sites for hydroxylation is 2. The molecule has 2 nitrogen and oxygen atoms in total. The smallest absolute Gasteiger partial charge is 0.218 e. The Balaban J connectivity index is 2.60. The van der Waals surface area contributed by atoms with Crippen LogP contribution in [-0.2, 0) is 5.88 Å². The molecule has 0 saturated heterocycles. The predicted molar refractivity (Wildman–Crippen MR) is 82.1 cm³/mol. The van der Waals surface area contributed by atoms with Gasteiger partial charge in [0, 0.05) is 11.3 Å². The molecule has 1 atom stereocenters. The summed E-state index contributed by atoms with van der Waals surface area (Å²) < 4.78 is 5.98. The number of halogens is 1. The van der Waals surface area contributed by atoms with E-state index in [1.807, 2.05) is 6.92 Å². The number of pyridine rings is 1. The molecule has 1 aromatic rings. The van der Waals surface area contributed by atoms with Gasteiger partial charge >= 0.3 is 0 Å². The minimum absolute atomic E-state index is 0.201. The fraction of sp³-hybridized carbons (Fsp3) is 0.688. The Hall–Kier alpha value is -0.760. The van der Waals surface area contributed by atoms with E-state index in [1.165, 1.54) is 25.7 Å². The molecule has 1 unspecified atom stereocenters. The van der Waals surface area contributed by atoms with Crippen LogP contribution in [-0.4, -0.2) is 11.1 Å². The summed E-state index contributed by atoms with van der Waals surface area (Å²) in [5, 5.41) is 0. The van der Waals surface area contributed by atoms with Crippen molar-refractivity contribution in [2.24, 2.45) is 0 Å². The molecule has 0 fully saturated rings. The van der Waals surface area contributed by atoms with Gasteiger partial charge in [0.1, 0.15) is 0 Å². The number of hydrogen-bond donors (Lipinski definition) is 0. The van der Waals surface area contributed by atoms with Crippen LogP contribution in [0.2, 0.25) is 0 Å². The normalized spacial score (nSPS) is 12.5. The average Bonchev–Trinajstić information content (AvgIpc) is 2.34. The molecule has 0 aliphatic heterocycles. The maximum atomic E-state index is 6.00. The van der Waals surface area contributed by atoms with E-state index in [1.54, 1.807) is 0 Å². The molecule has 0 aromatic carbocycles. The summed E-state index contributed by atoms with van der Waals surface area (Å²) in [5.74, 6) is 1.17. The van der Waals surface area contributed by atoms with Gasteiger partial charge in [-0.1, -0.05) is 26.2 Å². The standard InChI is InChI=1S/C16H26ClNO/c1-5-6-7-8-9-14(4)19-16-15(11-17)12(2)10-13(3)18-16/h10,14H,5-9,11H2,1-4H3. The maximum absolute atomic E-state index is 6.00. The molecular weight excluding hydrogens is 258 g/mol. The van der Waals surface area contributed by atoms with Gasteiger partial charge in [-0.3, -0.25) is 0 Å². The van der Waals surface area contributed by atoms with E-state index in [0.29, 0.717) is 5.88 Å². The maximum Gasteiger partial charge on any atom is 0.218 e. The number of nitrogens with zero attached hydrogens (tertiary/aromatic N) is 1. The Kier molecular flexibility index (Phi) is 7.22. The highest BCUT2D eigenvalue weighted by atomic mass is 35.5. The van der Waals surface area contributed by atoms with Crippen LogP contribution in [0.15, 0.2) is 6.07 Å². The first-order valence-electron chi connectivity index (χ1n) is 7.28. The topological polar surface area (TPSA) is 22.1 Å². The van der Waals surface area contributed by atoms with Crippen LogP contribution in [0.25, 0.3) is 0 Å². The van der Waals surface area contributed by atoms with Crippen molar-refractivity contribution in [2.45, 2.75) is 71.8 Å². The van der Waals surface area contributed by atoms with Crippen molar-refractivity contribution >= 4 is 11.6 Å². The van der Waals surface area contributed by atoms with E-state index in [0.717, 1.165) is 29.1 Å². The van der Waals surface area contributed by atoms with Crippen LogP contribution in [0, 0.1) is 13.8 Å². The van der Waals surface area contributed by atoms with Gasteiger partial charge in [-0.25, -0.2) is 4.98 Å². The van der Waals surface area contributed by atoms with Gasteiger partial charge < -0.3 is 4.74 Å². The van der Waals surface area contributed by atoms with Crippen molar-refractivity contribution in [1.82, 2.24) is 4.98 Å². The molecule has 0 N–H and O–H groups in total. The molecule has 0 bridgehead atoms. The molecule has 108 valence electrons. The quantitative estimate of drug-likeness (QED) is 0.485. The summed E-state index contributed by atoms with van der Waals surface area (Å²) in [6.07, 6.45) is 6.36. The minimum atomic E-state index is 0.201. The Morgan fingerprint density at radius 1 is 1.26 bits per heavy atom. The van der Waals surface area contributed by atoms with Crippen molar-refractivity contribution in [2.75, 3.05) is 0 Å². The second-order valence-electron chi connectivity index (χ2n) is 5.28. The second kappa shape index (κ2) is 8.42. The predicted octanol–water partition coefficient (Wildman–Crippen LogP) is 5.17. The van der Waals surface area contributed by atoms with Crippen LogP contribution in [0.5, 0.6) is 5.88 Å². The minimum Gasteiger partial charge on any atom is -0.474 e. The van der Waals surface area contributed by atoms with Crippen LogP contribution in [0.4, 0.5) is 0 Å². The van der Waals surface area contributed by atoms with E-state index in [2.05, 4.69) is 31.8 Å². The first-order chi connectivity index (χ1) is 9.08. The van der Waals surface area contributed by atoms with Crippen molar-refractivity contribution in [3.05, 3.63) is 22.9 Å². The van der Waals surface area contributed by atoms with Crippen molar-refractivity contribution in [3.8, 4) is 5.88 Å². The molecule has 1 heterocycles. The van der Waals surface area contributed by atoms with Crippen molar-refractivity contribution in [3.63, 3.8) is 0 Å². The summed E-state index contributed by atoms with van der Waals surface area (Å²) in [6.45, 7) is 8.39. The largest absolute Gasteiger partial charge is 0.474 e. The van der Waals surface area contributed by atoms with Crippen LogP contribution in [0.3, 0.4) is 0 Å². The number of rotatable bonds is 8. The molecule has 0 saturated carbocycles. The van der Waals surface area contributed by atoms with Gasteiger partial charge in [0.25, 0.3) is 0 Å². The molecule has 0 radical (unpaired) electrons. The lowest BCUT2D eigenvalue weighted by Crippen LogP contribution is -2.14. The monoisotopic (exact) mass is 283 g/mol. The Morgan fingerprint density at radius 3 is 2.63 bits per heavy atom. The van der Waals surface area contributed by atoms with Crippen LogP contribution < -0.4 is 4.74 Å². The molecule has 1 rings (SSSR count). The first-order valence-corrected chi connectivity index (χ1v) is 7.81. The zero-order valence-corrected chi connectivity index (χ0v) is 13.4. The van der Waals surface area contributed by atoms with Gasteiger partial charge in [0.2, 0.25) is 5.88 Å². The molecule has 19 heavy (non-hydrogen) atoms. The first kappa shape index (κ1) is 16.3. The van der Waals surface area contributed by atoms with E-state index in [4.69, 9.17) is 16.3 Å². The Bertz CT molecular complexity index is 393. The number of alkyl halides is 1. The zero-order chi connectivity index (χ0) is 14.3. The third-order valence-electron chi connectivity index (χ3n) is 3.35. The Morgan fingerprint density at radius 2 is 2.00 bits per heavy atom. The molecule has 0 aliphatic rings. The molecule has 0 aliphatic carbocycles. The molecule has 1 aromatic heterocycles. The summed E-state index contributed by atoms with van der Waals surface area (Å²) in [7, 11) is 0. The third-order valence-corrected chi connectivity index (χ3v) is 3.62. The van der Waals surface area contributed by atoms with Gasteiger partial charge in [0.15, 0.2) is 0 Å². The SMILES string of the molecule is CCCCCCC(C)Oc1nc(C)cc(C)c1CCl. The lowest BCUT2D eigenvalue weighted by Gasteiger charge is -2.17. The lowest BCUT2D eigenvalue weighted by atomic mass is 10.1. The second-order valence-corrected chi connectivity index (χ2v) is 5.54. The zero-order valence-electron chi connectivity index (χ0n) is 12.6. The Labute approximate surface area is 122 Å². The van der Waals surface area contributed by atoms with Gasteiger partial charge in [-0.2, -0.15) is 0 Å². The van der Waals surface area contributed by atoms with Crippen molar-refractivity contribution < 1.29 is 4.74 Å². The average molecular weight is 284 g/mol. The number of unbranched alkanes of at least 4 members (excludes halogenated alkanes) is 3. The third kappa shape index (κ3) is 5.40. The van der Waals surface area contributed by atoms with E-state index >= 15 is 0 Å². The van der Waals surface area contributed by atoms with Gasteiger partial charge in [0.05, 0.1) is 12.0 Å². The number of ether oxygens (including phenoxy) is 1. The van der Waals surface area contributed by atoms with E-state index in [9.17, 15) is 0 Å². The number of hydrogen-bond acceptors (Lipinski definition) is 2. The molecule has 0 spiro atoms. The molecule has 0 amide bonds. The molecular formula is C16H26ClNO. The summed E-state index contributed by atoms with van der Waals surface area (Å²) in [5.41, 5.74) is 3.17. The van der Waals surface area contributed by atoms with Gasteiger partial charge in [-0.15, -0.1) is 11.6 Å². The van der Waals surface area contributed by atoms with E-state index in [-0.39, 0.29) is 6.10 Å². The van der Waals surface area contributed by atoms with Crippen LogP contribution in [0.1, 0.15) is 62.8 Å². The van der Waals surface area contributed by atoms with Crippen molar-refractivity contribution in [1.29, 1.82) is 0 Å².